The summed E-state index contributed by atoms with van der Waals surface area (Å²) in [6, 6.07) is 11.9. The number of carbonyl (C=O) groups excluding carboxylic acids is 2. The van der Waals surface area contributed by atoms with Gasteiger partial charge in [-0.2, -0.15) is 5.10 Å². The first-order chi connectivity index (χ1) is 12.6. The highest BCUT2D eigenvalue weighted by Crippen LogP contribution is 2.37. The van der Waals surface area contributed by atoms with Gasteiger partial charge in [0.15, 0.2) is 11.5 Å². The number of amides is 2. The van der Waals surface area contributed by atoms with E-state index in [1.165, 1.54) is 27.5 Å². The van der Waals surface area contributed by atoms with E-state index in [0.717, 1.165) is 0 Å². The van der Waals surface area contributed by atoms with E-state index in [1.54, 1.807) is 42.5 Å². The summed E-state index contributed by atoms with van der Waals surface area (Å²) in [4.78, 5) is 23.6. The van der Waals surface area contributed by atoms with Gasteiger partial charge >= 0.3 is 11.8 Å². The molecule has 8 nitrogen and oxygen atoms in total. The number of hydrogen-bond donors (Lipinski definition) is 2. The van der Waals surface area contributed by atoms with E-state index in [9.17, 15) is 9.59 Å². The van der Waals surface area contributed by atoms with Gasteiger partial charge in [-0.25, -0.2) is 5.43 Å². The second-order valence-electron chi connectivity index (χ2n) is 4.98. The zero-order valence-corrected chi connectivity index (χ0v) is 14.6. The minimum atomic E-state index is -0.891. The molecule has 2 aromatic rings. The van der Waals surface area contributed by atoms with Crippen LogP contribution in [0.2, 0.25) is 0 Å². The van der Waals surface area contributed by atoms with Gasteiger partial charge in [0.2, 0.25) is 5.75 Å². The molecule has 0 aromatic heterocycles. The first-order valence-electron chi connectivity index (χ1n) is 7.58. The van der Waals surface area contributed by atoms with Crippen molar-refractivity contribution in [3.05, 3.63) is 48.0 Å². The summed E-state index contributed by atoms with van der Waals surface area (Å²) in [6.45, 7) is 0. The highest BCUT2D eigenvalue weighted by Gasteiger charge is 2.14. The fraction of sp³-hybridized carbons (Fsp3) is 0.167. The third-order valence-electron chi connectivity index (χ3n) is 3.30. The van der Waals surface area contributed by atoms with Crippen molar-refractivity contribution >= 4 is 23.7 Å². The molecule has 0 spiro atoms. The van der Waals surface area contributed by atoms with Gasteiger partial charge in [-0.3, -0.25) is 9.59 Å². The van der Waals surface area contributed by atoms with Crippen LogP contribution in [-0.4, -0.2) is 39.4 Å². The van der Waals surface area contributed by atoms with Crippen LogP contribution in [0.5, 0.6) is 17.2 Å². The van der Waals surface area contributed by atoms with Crippen molar-refractivity contribution in [1.82, 2.24) is 5.43 Å². The van der Waals surface area contributed by atoms with Gasteiger partial charge in [-0.15, -0.1) is 0 Å². The summed E-state index contributed by atoms with van der Waals surface area (Å²) in [5.74, 6) is -0.378. The van der Waals surface area contributed by atoms with Crippen LogP contribution in [0.3, 0.4) is 0 Å². The number of benzene rings is 2. The van der Waals surface area contributed by atoms with Crippen LogP contribution in [-0.2, 0) is 9.59 Å². The molecule has 0 saturated heterocycles. The predicted octanol–water partition coefficient (Wildman–Crippen LogP) is 1.80. The first kappa shape index (κ1) is 18.8. The fourth-order valence-corrected chi connectivity index (χ4v) is 2.10. The highest BCUT2D eigenvalue weighted by atomic mass is 16.5. The van der Waals surface area contributed by atoms with Gasteiger partial charge in [0.25, 0.3) is 0 Å². The average molecular weight is 357 g/mol. The number of nitrogens with one attached hydrogen (secondary N) is 2. The highest BCUT2D eigenvalue weighted by molar-refractivity contribution is 6.39. The summed E-state index contributed by atoms with van der Waals surface area (Å²) in [5, 5.41) is 6.23. The van der Waals surface area contributed by atoms with E-state index in [2.05, 4.69) is 15.8 Å². The minimum absolute atomic E-state index is 0.443. The monoisotopic (exact) mass is 357 g/mol. The van der Waals surface area contributed by atoms with Crippen LogP contribution >= 0.6 is 0 Å². The maximum absolute atomic E-state index is 11.8. The summed E-state index contributed by atoms with van der Waals surface area (Å²) in [7, 11) is 4.49. The molecule has 136 valence electrons. The van der Waals surface area contributed by atoms with Gasteiger partial charge in [-0.05, 0) is 24.3 Å². The molecule has 2 rings (SSSR count). The lowest BCUT2D eigenvalue weighted by Gasteiger charge is -2.12. The number of hydrogen-bond acceptors (Lipinski definition) is 6. The summed E-state index contributed by atoms with van der Waals surface area (Å²) < 4.78 is 15.7. The second-order valence-corrected chi connectivity index (χ2v) is 4.98. The Kier molecular flexibility index (Phi) is 6.55. The Labute approximate surface area is 150 Å². The molecule has 8 heteroatoms. The number of rotatable bonds is 6. The quantitative estimate of drug-likeness (QED) is 0.467. The number of carbonyl (C=O) groups is 2. The van der Waals surface area contributed by atoms with Crippen LogP contribution in [0.15, 0.2) is 47.6 Å². The van der Waals surface area contributed by atoms with E-state index in [1.807, 2.05) is 0 Å². The Hall–Kier alpha value is -3.55. The fourth-order valence-electron chi connectivity index (χ4n) is 2.10. The third-order valence-corrected chi connectivity index (χ3v) is 3.30. The molecule has 26 heavy (non-hydrogen) atoms. The van der Waals surface area contributed by atoms with Crippen molar-refractivity contribution in [2.75, 3.05) is 26.6 Å². The van der Waals surface area contributed by atoms with Crippen LogP contribution in [0, 0.1) is 0 Å². The molecule has 0 atom stereocenters. The van der Waals surface area contributed by atoms with Crippen molar-refractivity contribution in [3.8, 4) is 17.2 Å². The Morgan fingerprint density at radius 3 is 2.08 bits per heavy atom. The molecule has 2 aromatic carbocycles. The van der Waals surface area contributed by atoms with Crippen LogP contribution in [0.1, 0.15) is 5.56 Å². The molecule has 0 aliphatic carbocycles. The third kappa shape index (κ3) is 4.73. The van der Waals surface area contributed by atoms with Gasteiger partial charge in [0, 0.05) is 11.3 Å². The molecule has 0 aliphatic rings. The molecule has 0 bridgehead atoms. The van der Waals surface area contributed by atoms with E-state index in [4.69, 9.17) is 14.2 Å². The normalized spacial score (nSPS) is 10.3. The number of ether oxygens (including phenoxy) is 3. The molecule has 0 heterocycles. The minimum Gasteiger partial charge on any atom is -0.493 e. The lowest BCUT2D eigenvalue weighted by atomic mass is 10.2. The first-order valence-corrected chi connectivity index (χ1v) is 7.58. The van der Waals surface area contributed by atoms with Gasteiger partial charge in [0.05, 0.1) is 27.5 Å². The smallest absolute Gasteiger partial charge is 0.329 e. The second kappa shape index (κ2) is 9.07. The van der Waals surface area contributed by atoms with Gasteiger partial charge in [-0.1, -0.05) is 18.2 Å². The molecule has 0 saturated carbocycles. The number of para-hydroxylation sites is 1. The van der Waals surface area contributed by atoms with Crippen LogP contribution < -0.4 is 25.0 Å². The van der Waals surface area contributed by atoms with Crippen LogP contribution in [0.25, 0.3) is 0 Å². The standard InChI is InChI=1S/C18H19N3O5/c1-24-14-9-12(10-15(25-2)16(14)26-3)11-19-21-18(23)17(22)20-13-7-5-4-6-8-13/h4-11H,1-3H3,(H,20,22)(H,21,23). The Balaban J connectivity index is 2.03. The van der Waals surface area contributed by atoms with E-state index in [-0.39, 0.29) is 0 Å². The SMILES string of the molecule is COc1cc(C=NNC(=O)C(=O)Nc2ccccc2)cc(OC)c1OC. The number of methoxy groups -OCH3 is 3. The molecule has 2 amide bonds. The lowest BCUT2D eigenvalue weighted by Crippen LogP contribution is -2.32. The number of nitrogens with zero attached hydrogens (tertiary/aromatic N) is 1. The zero-order chi connectivity index (χ0) is 18.9. The van der Waals surface area contributed by atoms with Crippen LogP contribution in [0.4, 0.5) is 5.69 Å². The Bertz CT molecular complexity index is 781. The largest absolute Gasteiger partial charge is 0.493 e. The van der Waals surface area contributed by atoms with Gasteiger partial charge < -0.3 is 19.5 Å². The Morgan fingerprint density at radius 1 is 0.923 bits per heavy atom. The van der Waals surface area contributed by atoms with Crippen molar-refractivity contribution in [3.63, 3.8) is 0 Å². The molecule has 0 unspecified atom stereocenters. The predicted molar refractivity (Wildman–Crippen MR) is 96.9 cm³/mol. The average Bonchev–Trinajstić information content (AvgIpc) is 2.67. The molecular formula is C18H19N3O5. The molecule has 0 fully saturated rings. The van der Waals surface area contributed by atoms with E-state index >= 15 is 0 Å². The molecule has 0 aliphatic heterocycles. The number of anilines is 1. The lowest BCUT2D eigenvalue weighted by molar-refractivity contribution is -0.136. The van der Waals surface area contributed by atoms with Crippen molar-refractivity contribution < 1.29 is 23.8 Å². The van der Waals surface area contributed by atoms with Crippen molar-refractivity contribution in [1.29, 1.82) is 0 Å². The zero-order valence-electron chi connectivity index (χ0n) is 14.6. The van der Waals surface area contributed by atoms with E-state index < -0.39 is 11.8 Å². The van der Waals surface area contributed by atoms with E-state index in [0.29, 0.717) is 28.5 Å². The molecule has 0 radical (unpaired) electrons. The molecule has 2 N–H and O–H groups in total. The number of hydrazone groups is 1. The van der Waals surface area contributed by atoms with Crippen molar-refractivity contribution in [2.24, 2.45) is 5.10 Å². The summed E-state index contributed by atoms with van der Waals surface area (Å²) >= 11 is 0. The Morgan fingerprint density at radius 2 is 1.54 bits per heavy atom. The van der Waals surface area contributed by atoms with Gasteiger partial charge in [0.1, 0.15) is 0 Å². The topological polar surface area (TPSA) is 98.2 Å². The maximum atomic E-state index is 11.8. The maximum Gasteiger partial charge on any atom is 0.329 e. The van der Waals surface area contributed by atoms with Crippen molar-refractivity contribution in [2.45, 2.75) is 0 Å². The molecular weight excluding hydrogens is 338 g/mol. The summed E-state index contributed by atoms with van der Waals surface area (Å²) in [5.41, 5.74) is 3.26. The summed E-state index contributed by atoms with van der Waals surface area (Å²) in [6.07, 6.45) is 1.36.